The zero-order chi connectivity index (χ0) is 18.5. The van der Waals surface area contributed by atoms with Crippen molar-refractivity contribution in [3.8, 4) is 0 Å². The molecule has 2 aromatic carbocycles. The van der Waals surface area contributed by atoms with Gasteiger partial charge in [0.1, 0.15) is 5.76 Å². The highest BCUT2D eigenvalue weighted by Gasteiger charge is 2.16. The molecule has 0 aliphatic heterocycles. The smallest absolute Gasteiger partial charge is 0.223 e. The molecule has 4 nitrogen and oxygen atoms in total. The Kier molecular flexibility index (Phi) is 5.06. The summed E-state index contributed by atoms with van der Waals surface area (Å²) in [6.45, 7) is 1.06. The molecule has 0 fully saturated rings. The lowest BCUT2D eigenvalue weighted by Crippen LogP contribution is -2.30. The molecule has 4 aromatic rings. The number of hydrogen-bond acceptors (Lipinski definition) is 2. The minimum Gasteiger partial charge on any atom is -0.467 e. The summed E-state index contributed by atoms with van der Waals surface area (Å²) >= 11 is 0. The van der Waals surface area contributed by atoms with E-state index in [1.165, 1.54) is 10.9 Å². The van der Waals surface area contributed by atoms with Gasteiger partial charge in [0, 0.05) is 30.1 Å². The second kappa shape index (κ2) is 7.96. The van der Waals surface area contributed by atoms with Crippen LogP contribution in [0, 0.1) is 0 Å². The first-order valence-electron chi connectivity index (χ1n) is 9.18. The van der Waals surface area contributed by atoms with Crippen LogP contribution in [0.2, 0.25) is 0 Å². The number of nitrogens with zero attached hydrogens (tertiary/aromatic N) is 1. The lowest BCUT2D eigenvalue weighted by atomic mass is 10.1. The van der Waals surface area contributed by atoms with E-state index < -0.39 is 0 Å². The Hall–Kier alpha value is -3.27. The van der Waals surface area contributed by atoms with Crippen molar-refractivity contribution in [3.05, 3.63) is 96.1 Å². The molecular weight excluding hydrogens is 336 g/mol. The van der Waals surface area contributed by atoms with Crippen molar-refractivity contribution in [3.63, 3.8) is 0 Å². The van der Waals surface area contributed by atoms with Gasteiger partial charge in [-0.1, -0.05) is 48.5 Å². The predicted molar refractivity (Wildman–Crippen MR) is 106 cm³/mol. The van der Waals surface area contributed by atoms with Crippen molar-refractivity contribution in [1.29, 1.82) is 0 Å². The molecule has 4 heteroatoms. The second-order valence-corrected chi connectivity index (χ2v) is 6.67. The highest BCUT2D eigenvalue weighted by atomic mass is 16.3. The third kappa shape index (κ3) is 4.11. The molecule has 2 heterocycles. The fraction of sp³-hybridized carbons (Fsp3) is 0.174. The zero-order valence-corrected chi connectivity index (χ0v) is 15.1. The molecule has 1 amide bonds. The first-order valence-corrected chi connectivity index (χ1v) is 9.18. The molecule has 0 unspecified atom stereocenters. The molecule has 1 N–H and O–H groups in total. The fourth-order valence-electron chi connectivity index (χ4n) is 3.36. The lowest BCUT2D eigenvalue weighted by molar-refractivity contribution is -0.132. The maximum Gasteiger partial charge on any atom is 0.223 e. The van der Waals surface area contributed by atoms with Crippen LogP contribution in [-0.2, 0) is 24.3 Å². The van der Waals surface area contributed by atoms with Crippen LogP contribution in [0.3, 0.4) is 0 Å². The summed E-state index contributed by atoms with van der Waals surface area (Å²) in [6.07, 6.45) is 4.83. The minimum atomic E-state index is 0.125. The van der Waals surface area contributed by atoms with Gasteiger partial charge in [-0.05, 0) is 35.7 Å². The summed E-state index contributed by atoms with van der Waals surface area (Å²) in [5.74, 6) is 0.923. The average Bonchev–Trinajstić information content (AvgIpc) is 3.36. The van der Waals surface area contributed by atoms with Gasteiger partial charge in [-0.15, -0.1) is 0 Å². The summed E-state index contributed by atoms with van der Waals surface area (Å²) < 4.78 is 5.46. The van der Waals surface area contributed by atoms with Crippen LogP contribution in [0.4, 0.5) is 0 Å². The van der Waals surface area contributed by atoms with Gasteiger partial charge in [0.05, 0.1) is 12.8 Å². The van der Waals surface area contributed by atoms with Gasteiger partial charge in [-0.25, -0.2) is 0 Å². The topological polar surface area (TPSA) is 49.2 Å². The molecule has 0 radical (unpaired) electrons. The average molecular weight is 358 g/mol. The molecule has 0 spiro atoms. The quantitative estimate of drug-likeness (QED) is 0.510. The van der Waals surface area contributed by atoms with Crippen molar-refractivity contribution in [2.75, 3.05) is 0 Å². The van der Waals surface area contributed by atoms with E-state index in [9.17, 15) is 4.79 Å². The number of hydrogen-bond donors (Lipinski definition) is 1. The molecule has 0 bridgehead atoms. The van der Waals surface area contributed by atoms with E-state index in [4.69, 9.17) is 4.42 Å². The second-order valence-electron chi connectivity index (χ2n) is 6.67. The maximum absolute atomic E-state index is 13.0. The van der Waals surface area contributed by atoms with Crippen molar-refractivity contribution in [2.24, 2.45) is 0 Å². The van der Waals surface area contributed by atoms with E-state index in [1.54, 1.807) is 6.26 Å². The van der Waals surface area contributed by atoms with Gasteiger partial charge in [0.15, 0.2) is 0 Å². The molecule has 0 saturated heterocycles. The van der Waals surface area contributed by atoms with E-state index in [-0.39, 0.29) is 5.91 Å². The van der Waals surface area contributed by atoms with E-state index in [0.717, 1.165) is 16.8 Å². The summed E-state index contributed by atoms with van der Waals surface area (Å²) in [7, 11) is 0. The number of aryl methyl sites for hydroxylation is 1. The largest absolute Gasteiger partial charge is 0.467 e. The molecule has 4 rings (SSSR count). The Bertz CT molecular complexity index is 1000. The molecule has 136 valence electrons. The molecule has 0 aliphatic rings. The third-order valence-electron chi connectivity index (χ3n) is 4.78. The van der Waals surface area contributed by atoms with Gasteiger partial charge in [-0.2, -0.15) is 0 Å². The van der Waals surface area contributed by atoms with Crippen LogP contribution >= 0.6 is 0 Å². The number of amides is 1. The summed E-state index contributed by atoms with van der Waals surface area (Å²) in [5, 5.41) is 1.19. The molecule has 2 aromatic heterocycles. The normalized spacial score (nSPS) is 11.0. The number of carbonyl (C=O) groups excluding carboxylic acids is 1. The van der Waals surface area contributed by atoms with Crippen LogP contribution in [0.15, 0.2) is 83.6 Å². The van der Waals surface area contributed by atoms with E-state index >= 15 is 0 Å². The predicted octanol–water partition coefficient (Wildman–Crippen LogP) is 4.92. The Labute approximate surface area is 158 Å². The number of rotatable bonds is 7. The van der Waals surface area contributed by atoms with Crippen molar-refractivity contribution in [1.82, 2.24) is 9.88 Å². The van der Waals surface area contributed by atoms with Gasteiger partial charge in [0.2, 0.25) is 5.91 Å². The number of benzene rings is 2. The first-order chi connectivity index (χ1) is 13.3. The third-order valence-corrected chi connectivity index (χ3v) is 4.78. The standard InChI is InChI=1S/C23H22N2O2/c26-23(13-12-19-15-24-22-11-5-4-10-21(19)22)25(17-20-9-6-14-27-20)16-18-7-2-1-3-8-18/h1-11,14-15,24H,12-13,16-17H2. The van der Waals surface area contributed by atoms with Gasteiger partial charge >= 0.3 is 0 Å². The Balaban J connectivity index is 1.47. The molecule has 0 aliphatic carbocycles. The molecule has 27 heavy (non-hydrogen) atoms. The van der Waals surface area contributed by atoms with Gasteiger partial charge < -0.3 is 14.3 Å². The number of aromatic amines is 1. The van der Waals surface area contributed by atoms with Crippen LogP contribution < -0.4 is 0 Å². The van der Waals surface area contributed by atoms with Crippen molar-refractivity contribution >= 4 is 16.8 Å². The highest BCUT2D eigenvalue weighted by molar-refractivity contribution is 5.84. The van der Waals surface area contributed by atoms with Gasteiger partial charge in [0.25, 0.3) is 0 Å². The lowest BCUT2D eigenvalue weighted by Gasteiger charge is -2.22. The summed E-state index contributed by atoms with van der Waals surface area (Å²) in [5.41, 5.74) is 3.40. The Morgan fingerprint density at radius 1 is 0.926 bits per heavy atom. The van der Waals surface area contributed by atoms with Crippen LogP contribution in [0.25, 0.3) is 10.9 Å². The fourth-order valence-corrected chi connectivity index (χ4v) is 3.36. The van der Waals surface area contributed by atoms with Crippen molar-refractivity contribution < 1.29 is 9.21 Å². The highest BCUT2D eigenvalue weighted by Crippen LogP contribution is 2.20. The van der Waals surface area contributed by atoms with E-state index in [1.807, 2.05) is 65.7 Å². The Morgan fingerprint density at radius 3 is 2.56 bits per heavy atom. The monoisotopic (exact) mass is 358 g/mol. The zero-order valence-electron chi connectivity index (χ0n) is 15.1. The number of aromatic nitrogens is 1. The van der Waals surface area contributed by atoms with Crippen LogP contribution in [-0.4, -0.2) is 15.8 Å². The summed E-state index contributed by atoms with van der Waals surface area (Å²) in [6, 6.07) is 22.0. The minimum absolute atomic E-state index is 0.125. The SMILES string of the molecule is O=C(CCc1c[nH]c2ccccc12)N(Cc1ccccc1)Cc1ccco1. The first kappa shape index (κ1) is 17.2. The van der Waals surface area contributed by atoms with Crippen LogP contribution in [0.5, 0.6) is 0 Å². The molecular formula is C23H22N2O2. The summed E-state index contributed by atoms with van der Waals surface area (Å²) in [4.78, 5) is 18.1. The van der Waals surface area contributed by atoms with E-state index in [0.29, 0.717) is 25.9 Å². The van der Waals surface area contributed by atoms with Crippen LogP contribution in [0.1, 0.15) is 23.3 Å². The number of carbonyl (C=O) groups is 1. The number of H-pyrrole nitrogens is 1. The number of furan rings is 1. The van der Waals surface area contributed by atoms with E-state index in [2.05, 4.69) is 17.1 Å². The van der Waals surface area contributed by atoms with Gasteiger partial charge in [-0.3, -0.25) is 4.79 Å². The molecule has 0 saturated carbocycles. The maximum atomic E-state index is 13.0. The number of para-hydroxylation sites is 1. The number of nitrogens with one attached hydrogen (secondary N) is 1. The molecule has 0 atom stereocenters. The van der Waals surface area contributed by atoms with Crippen molar-refractivity contribution in [2.45, 2.75) is 25.9 Å². The Morgan fingerprint density at radius 2 is 1.74 bits per heavy atom. The number of fused-ring (bicyclic) bond motifs is 1.